The number of nitrogens with one attached hydrogen (secondary N) is 1. The molecule has 6 heteroatoms. The van der Waals surface area contributed by atoms with Gasteiger partial charge < -0.3 is 4.90 Å². The molecule has 110 valence electrons. The molecule has 2 unspecified atom stereocenters. The van der Waals surface area contributed by atoms with Crippen LogP contribution in [0.2, 0.25) is 0 Å². The van der Waals surface area contributed by atoms with Crippen molar-refractivity contribution in [1.29, 1.82) is 0 Å². The molecule has 20 heavy (non-hydrogen) atoms. The molecule has 0 radical (unpaired) electrons. The van der Waals surface area contributed by atoms with E-state index in [2.05, 4.69) is 5.32 Å². The second kappa shape index (κ2) is 5.93. The number of amides is 1. The zero-order valence-electron chi connectivity index (χ0n) is 11.7. The number of hydrogen-bond donors (Lipinski definition) is 1. The summed E-state index contributed by atoms with van der Waals surface area (Å²) < 4.78 is 22.3. The zero-order chi connectivity index (χ0) is 14.8. The fourth-order valence-corrected chi connectivity index (χ4v) is 3.10. The van der Waals surface area contributed by atoms with Crippen LogP contribution in [0, 0.1) is 0 Å². The van der Waals surface area contributed by atoms with Gasteiger partial charge in [-0.1, -0.05) is 30.3 Å². The Morgan fingerprint density at radius 3 is 2.50 bits per heavy atom. The normalized spacial score (nSPS) is 23.3. The van der Waals surface area contributed by atoms with Gasteiger partial charge in [0.05, 0.1) is 11.9 Å². The van der Waals surface area contributed by atoms with Crippen molar-refractivity contribution < 1.29 is 13.2 Å². The summed E-state index contributed by atoms with van der Waals surface area (Å²) in [4.78, 5) is 14.1. The first kappa shape index (κ1) is 15.0. The van der Waals surface area contributed by atoms with Crippen molar-refractivity contribution in [3.63, 3.8) is 0 Å². The minimum Gasteiger partial charge on any atom is -0.326 e. The third kappa shape index (κ3) is 3.58. The molecule has 0 bridgehead atoms. The zero-order valence-corrected chi connectivity index (χ0v) is 12.6. The minimum atomic E-state index is -2.97. The highest BCUT2D eigenvalue weighted by molar-refractivity contribution is 7.90. The van der Waals surface area contributed by atoms with Gasteiger partial charge in [0.1, 0.15) is 15.9 Å². The lowest BCUT2D eigenvalue weighted by Gasteiger charge is -2.20. The third-order valence-corrected chi connectivity index (χ3v) is 4.48. The van der Waals surface area contributed by atoms with Crippen LogP contribution in [-0.4, -0.2) is 43.9 Å². The monoisotopic (exact) mass is 296 g/mol. The fourth-order valence-electron chi connectivity index (χ4n) is 2.44. The molecule has 1 saturated heterocycles. The van der Waals surface area contributed by atoms with E-state index in [4.69, 9.17) is 0 Å². The average molecular weight is 296 g/mol. The number of rotatable bonds is 5. The van der Waals surface area contributed by atoms with Crippen LogP contribution < -0.4 is 5.32 Å². The number of sulfone groups is 1. The Morgan fingerprint density at radius 2 is 1.90 bits per heavy atom. The third-order valence-electron chi connectivity index (χ3n) is 3.45. The van der Waals surface area contributed by atoms with E-state index in [0.29, 0.717) is 13.0 Å². The first-order valence-electron chi connectivity index (χ1n) is 6.68. The largest absolute Gasteiger partial charge is 0.326 e. The van der Waals surface area contributed by atoms with Gasteiger partial charge in [-0.3, -0.25) is 10.1 Å². The van der Waals surface area contributed by atoms with Gasteiger partial charge in [0.2, 0.25) is 5.91 Å². The van der Waals surface area contributed by atoms with Crippen LogP contribution in [0.25, 0.3) is 0 Å². The number of carbonyl (C=O) groups is 1. The predicted molar refractivity (Wildman–Crippen MR) is 77.8 cm³/mol. The van der Waals surface area contributed by atoms with Crippen LogP contribution in [0.4, 0.5) is 0 Å². The molecule has 0 spiro atoms. The summed E-state index contributed by atoms with van der Waals surface area (Å²) in [5, 5.41) is 3.24. The van der Waals surface area contributed by atoms with E-state index in [9.17, 15) is 13.2 Å². The average Bonchev–Trinajstić information content (AvgIpc) is 2.66. The number of benzene rings is 1. The molecule has 1 aromatic carbocycles. The van der Waals surface area contributed by atoms with Crippen molar-refractivity contribution in [2.24, 2.45) is 0 Å². The molecule has 5 nitrogen and oxygen atoms in total. The van der Waals surface area contributed by atoms with Crippen LogP contribution >= 0.6 is 0 Å². The second-order valence-corrected chi connectivity index (χ2v) is 7.46. The molecule has 1 fully saturated rings. The highest BCUT2D eigenvalue weighted by Crippen LogP contribution is 2.23. The quantitative estimate of drug-likeness (QED) is 0.878. The smallest absolute Gasteiger partial charge is 0.245 e. The highest BCUT2D eigenvalue weighted by Gasteiger charge is 2.36. The molecular weight excluding hydrogens is 276 g/mol. The Kier molecular flexibility index (Phi) is 4.45. The van der Waals surface area contributed by atoms with Gasteiger partial charge in [0.25, 0.3) is 0 Å². The molecule has 1 aliphatic rings. The van der Waals surface area contributed by atoms with E-state index < -0.39 is 9.84 Å². The fraction of sp³-hybridized carbons (Fsp3) is 0.500. The Bertz CT molecular complexity index is 571. The van der Waals surface area contributed by atoms with Crippen molar-refractivity contribution in [3.8, 4) is 0 Å². The first-order valence-corrected chi connectivity index (χ1v) is 8.74. The molecular formula is C14H20N2O3S. The molecule has 0 aliphatic carbocycles. The molecule has 2 rings (SSSR count). The topological polar surface area (TPSA) is 66.5 Å². The Labute approximate surface area is 119 Å². The van der Waals surface area contributed by atoms with Crippen molar-refractivity contribution in [2.75, 3.05) is 18.6 Å². The second-order valence-electron chi connectivity index (χ2n) is 5.20. The lowest BCUT2D eigenvalue weighted by atomic mass is 10.1. The van der Waals surface area contributed by atoms with Gasteiger partial charge in [0, 0.05) is 12.8 Å². The van der Waals surface area contributed by atoms with E-state index in [1.54, 1.807) is 4.90 Å². The van der Waals surface area contributed by atoms with E-state index in [1.807, 2.05) is 37.3 Å². The lowest BCUT2D eigenvalue weighted by molar-refractivity contribution is -0.130. The molecule has 0 aromatic heterocycles. The molecule has 1 N–H and O–H groups in total. The van der Waals surface area contributed by atoms with Gasteiger partial charge in [-0.15, -0.1) is 0 Å². The Morgan fingerprint density at radius 1 is 1.25 bits per heavy atom. The standard InChI is InChI=1S/C14H20N2O3S/c1-11-15-13(12-7-4-3-5-8-12)14(17)16(11)9-6-10-20(2,18)19/h3-5,7-8,11,13,15H,6,9-10H2,1-2H3. The van der Waals surface area contributed by atoms with E-state index >= 15 is 0 Å². The van der Waals surface area contributed by atoms with Crippen LogP contribution in [-0.2, 0) is 14.6 Å². The SMILES string of the molecule is CC1NC(c2ccccc2)C(=O)N1CCCS(C)(=O)=O. The van der Waals surface area contributed by atoms with Crippen molar-refractivity contribution in [2.45, 2.75) is 25.6 Å². The Hall–Kier alpha value is -1.40. The maximum Gasteiger partial charge on any atom is 0.245 e. The Balaban J connectivity index is 2.00. The molecule has 2 atom stereocenters. The minimum absolute atomic E-state index is 0.0113. The van der Waals surface area contributed by atoms with Crippen LogP contribution in [0.1, 0.15) is 24.9 Å². The summed E-state index contributed by atoms with van der Waals surface area (Å²) in [6.45, 7) is 2.38. The summed E-state index contributed by atoms with van der Waals surface area (Å²) in [5.74, 6) is 0.122. The van der Waals surface area contributed by atoms with Crippen LogP contribution in [0.5, 0.6) is 0 Å². The molecule has 1 aliphatic heterocycles. The van der Waals surface area contributed by atoms with Gasteiger partial charge in [-0.05, 0) is 18.9 Å². The molecule has 1 amide bonds. The van der Waals surface area contributed by atoms with Crippen molar-refractivity contribution >= 4 is 15.7 Å². The molecule has 0 saturated carbocycles. The van der Waals surface area contributed by atoms with Crippen LogP contribution in [0.3, 0.4) is 0 Å². The van der Waals surface area contributed by atoms with Crippen molar-refractivity contribution in [1.82, 2.24) is 10.2 Å². The summed E-state index contributed by atoms with van der Waals surface area (Å²) in [6.07, 6.45) is 1.61. The summed E-state index contributed by atoms with van der Waals surface area (Å²) >= 11 is 0. The molecule has 1 heterocycles. The number of nitrogens with zero attached hydrogens (tertiary/aromatic N) is 1. The van der Waals surface area contributed by atoms with E-state index in [0.717, 1.165) is 5.56 Å². The summed E-state index contributed by atoms with van der Waals surface area (Å²) in [5.41, 5.74) is 0.940. The highest BCUT2D eigenvalue weighted by atomic mass is 32.2. The van der Waals surface area contributed by atoms with Gasteiger partial charge in [0.15, 0.2) is 0 Å². The van der Waals surface area contributed by atoms with Crippen molar-refractivity contribution in [3.05, 3.63) is 35.9 Å². The van der Waals surface area contributed by atoms with Gasteiger partial charge in [-0.2, -0.15) is 0 Å². The van der Waals surface area contributed by atoms with Gasteiger partial charge in [-0.25, -0.2) is 8.42 Å². The first-order chi connectivity index (χ1) is 9.38. The van der Waals surface area contributed by atoms with Crippen LogP contribution in [0.15, 0.2) is 30.3 Å². The predicted octanol–water partition coefficient (Wildman–Crippen LogP) is 0.940. The maximum absolute atomic E-state index is 12.4. The molecule has 1 aromatic rings. The summed E-state index contributed by atoms with van der Waals surface area (Å²) in [7, 11) is -2.97. The maximum atomic E-state index is 12.4. The number of carbonyl (C=O) groups excluding carboxylic acids is 1. The van der Waals surface area contributed by atoms with Gasteiger partial charge >= 0.3 is 0 Å². The van der Waals surface area contributed by atoms with E-state index in [-0.39, 0.29) is 23.9 Å². The van der Waals surface area contributed by atoms with E-state index in [1.165, 1.54) is 6.26 Å². The summed E-state index contributed by atoms with van der Waals surface area (Å²) in [6, 6.07) is 9.23. The lowest BCUT2D eigenvalue weighted by Crippen LogP contribution is -2.36. The number of hydrogen-bond acceptors (Lipinski definition) is 4.